The highest BCUT2D eigenvalue weighted by atomic mass is 79.9. The molecule has 0 aliphatic heterocycles. The molecule has 0 amide bonds. The Morgan fingerprint density at radius 2 is 1.86 bits per heavy atom. The molecule has 0 atom stereocenters. The Morgan fingerprint density at radius 3 is 2.43 bits per heavy atom. The number of nitriles is 1. The van der Waals surface area contributed by atoms with Crippen molar-refractivity contribution in [3.8, 4) is 6.07 Å². The number of benzene rings is 2. The summed E-state index contributed by atoms with van der Waals surface area (Å²) in [4.78, 5) is 0. The van der Waals surface area contributed by atoms with Crippen LogP contribution in [-0.4, -0.2) is 0 Å². The second-order valence-corrected chi connectivity index (χ2v) is 5.33. The first-order chi connectivity index (χ1) is 9.81. The van der Waals surface area contributed by atoms with Gasteiger partial charge in [0.15, 0.2) is 0 Å². The fourth-order valence-electron chi connectivity index (χ4n) is 1.83. The van der Waals surface area contributed by atoms with Crippen LogP contribution in [-0.2, 0) is 6.18 Å². The van der Waals surface area contributed by atoms with Gasteiger partial charge >= 0.3 is 6.18 Å². The van der Waals surface area contributed by atoms with Gasteiger partial charge in [-0.3, -0.25) is 0 Å². The minimum atomic E-state index is -4.56. The van der Waals surface area contributed by atoms with E-state index in [1.54, 1.807) is 12.1 Å². The summed E-state index contributed by atoms with van der Waals surface area (Å²) in [5, 5.41) is 11.7. The van der Waals surface area contributed by atoms with Gasteiger partial charge in [-0.15, -0.1) is 0 Å². The van der Waals surface area contributed by atoms with Gasteiger partial charge in [-0.25, -0.2) is 0 Å². The number of rotatable bonds is 2. The maximum absolute atomic E-state index is 12.9. The summed E-state index contributed by atoms with van der Waals surface area (Å²) < 4.78 is 39.4. The van der Waals surface area contributed by atoms with Crippen molar-refractivity contribution in [3.63, 3.8) is 0 Å². The van der Waals surface area contributed by atoms with Crippen LogP contribution in [0.5, 0.6) is 0 Å². The van der Waals surface area contributed by atoms with Gasteiger partial charge in [0.25, 0.3) is 0 Å². The first-order valence-electron chi connectivity index (χ1n) is 5.96. The number of nitrogens with zero attached hydrogens (tertiary/aromatic N) is 1. The molecule has 2 nitrogen and oxygen atoms in total. The van der Waals surface area contributed by atoms with Crippen molar-refractivity contribution >= 4 is 27.3 Å². The smallest absolute Gasteiger partial charge is 0.355 e. The van der Waals surface area contributed by atoms with E-state index in [1.165, 1.54) is 6.07 Å². The molecule has 0 fully saturated rings. The highest BCUT2D eigenvalue weighted by molar-refractivity contribution is 9.10. The zero-order valence-corrected chi connectivity index (χ0v) is 12.5. The van der Waals surface area contributed by atoms with Crippen LogP contribution in [0.2, 0.25) is 0 Å². The normalized spacial score (nSPS) is 11.0. The molecule has 2 aromatic carbocycles. The molecule has 0 unspecified atom stereocenters. The van der Waals surface area contributed by atoms with Crippen molar-refractivity contribution in [1.82, 2.24) is 0 Å². The molecule has 6 heteroatoms. The van der Waals surface area contributed by atoms with Crippen LogP contribution in [0.3, 0.4) is 0 Å². The average molecular weight is 355 g/mol. The van der Waals surface area contributed by atoms with Crippen LogP contribution in [0.15, 0.2) is 40.9 Å². The van der Waals surface area contributed by atoms with Crippen molar-refractivity contribution in [3.05, 3.63) is 57.6 Å². The van der Waals surface area contributed by atoms with E-state index in [2.05, 4.69) is 21.2 Å². The van der Waals surface area contributed by atoms with E-state index in [-0.39, 0.29) is 5.69 Å². The van der Waals surface area contributed by atoms with Gasteiger partial charge in [0.2, 0.25) is 0 Å². The summed E-state index contributed by atoms with van der Waals surface area (Å²) >= 11 is 3.35. The van der Waals surface area contributed by atoms with Crippen LogP contribution < -0.4 is 5.32 Å². The molecule has 0 heterocycles. The minimum absolute atomic E-state index is 0.269. The molecule has 2 rings (SSSR count). The van der Waals surface area contributed by atoms with Gasteiger partial charge in [-0.05, 0) is 58.7 Å². The number of halogens is 4. The predicted octanol–water partition coefficient (Wildman–Crippen LogP) is 5.39. The summed E-state index contributed by atoms with van der Waals surface area (Å²) in [7, 11) is 0. The first kappa shape index (κ1) is 15.4. The van der Waals surface area contributed by atoms with E-state index in [4.69, 9.17) is 5.26 Å². The Bertz CT molecular complexity index is 718. The Hall–Kier alpha value is -2.00. The molecule has 0 saturated heterocycles. The zero-order valence-electron chi connectivity index (χ0n) is 10.9. The Balaban J connectivity index is 2.40. The second-order valence-electron chi connectivity index (χ2n) is 4.48. The van der Waals surface area contributed by atoms with E-state index in [1.807, 2.05) is 19.1 Å². The Kier molecular flexibility index (Phi) is 4.24. The Morgan fingerprint density at radius 1 is 1.14 bits per heavy atom. The van der Waals surface area contributed by atoms with Crippen molar-refractivity contribution < 1.29 is 13.2 Å². The topological polar surface area (TPSA) is 35.8 Å². The molecular formula is C15H10BrF3N2. The lowest BCUT2D eigenvalue weighted by Gasteiger charge is -2.13. The fourth-order valence-corrected chi connectivity index (χ4v) is 2.42. The van der Waals surface area contributed by atoms with Crippen LogP contribution in [0, 0.1) is 18.3 Å². The summed E-state index contributed by atoms with van der Waals surface area (Å²) in [5.41, 5.74) is 0.613. The van der Waals surface area contributed by atoms with E-state index >= 15 is 0 Å². The third-order valence-electron chi connectivity index (χ3n) is 2.85. The molecule has 108 valence electrons. The SMILES string of the molecule is Cc1ccc(Nc2ccc(C#N)c(C(F)(F)F)c2)c(Br)c1. The third kappa shape index (κ3) is 3.56. The van der Waals surface area contributed by atoms with Gasteiger partial charge < -0.3 is 5.32 Å². The zero-order chi connectivity index (χ0) is 15.6. The highest BCUT2D eigenvalue weighted by Gasteiger charge is 2.33. The fraction of sp³-hybridized carbons (Fsp3) is 0.133. The summed E-state index contributed by atoms with van der Waals surface area (Å²) in [6.45, 7) is 1.91. The second kappa shape index (κ2) is 5.78. The lowest BCUT2D eigenvalue weighted by atomic mass is 10.1. The van der Waals surface area contributed by atoms with E-state index in [9.17, 15) is 13.2 Å². The molecule has 2 aromatic rings. The van der Waals surface area contributed by atoms with Crippen LogP contribution >= 0.6 is 15.9 Å². The maximum atomic E-state index is 12.9. The number of hydrogen-bond acceptors (Lipinski definition) is 2. The highest BCUT2D eigenvalue weighted by Crippen LogP contribution is 2.35. The number of aryl methyl sites for hydroxylation is 1. The molecule has 0 saturated carbocycles. The van der Waals surface area contributed by atoms with Crippen molar-refractivity contribution in [2.24, 2.45) is 0 Å². The summed E-state index contributed by atoms with van der Waals surface area (Å²) in [6.07, 6.45) is -4.56. The van der Waals surface area contributed by atoms with Gasteiger partial charge in [-0.2, -0.15) is 18.4 Å². The largest absolute Gasteiger partial charge is 0.417 e. The van der Waals surface area contributed by atoms with Crippen LogP contribution in [0.25, 0.3) is 0 Å². The number of nitrogens with one attached hydrogen (secondary N) is 1. The molecule has 0 spiro atoms. The molecule has 0 aromatic heterocycles. The van der Waals surface area contributed by atoms with Gasteiger partial charge in [0.05, 0.1) is 22.9 Å². The number of hydrogen-bond donors (Lipinski definition) is 1. The third-order valence-corrected chi connectivity index (χ3v) is 3.51. The Labute approximate surface area is 128 Å². The van der Waals surface area contributed by atoms with Gasteiger partial charge in [-0.1, -0.05) is 6.07 Å². The monoisotopic (exact) mass is 354 g/mol. The summed E-state index contributed by atoms with van der Waals surface area (Å²) in [5.74, 6) is 0. The van der Waals surface area contributed by atoms with Crippen LogP contribution in [0.1, 0.15) is 16.7 Å². The van der Waals surface area contributed by atoms with Crippen molar-refractivity contribution in [1.29, 1.82) is 5.26 Å². The van der Waals surface area contributed by atoms with E-state index < -0.39 is 17.3 Å². The molecule has 0 aliphatic rings. The predicted molar refractivity (Wildman–Crippen MR) is 78.3 cm³/mol. The number of anilines is 2. The molecule has 1 N–H and O–H groups in total. The molecule has 0 aliphatic carbocycles. The van der Waals surface area contributed by atoms with Gasteiger partial charge in [0.1, 0.15) is 0 Å². The average Bonchev–Trinajstić information content (AvgIpc) is 2.41. The quantitative estimate of drug-likeness (QED) is 0.784. The first-order valence-corrected chi connectivity index (χ1v) is 6.75. The minimum Gasteiger partial charge on any atom is -0.355 e. The molecular weight excluding hydrogens is 345 g/mol. The van der Waals surface area contributed by atoms with E-state index in [0.29, 0.717) is 5.69 Å². The maximum Gasteiger partial charge on any atom is 0.417 e. The number of alkyl halides is 3. The lowest BCUT2D eigenvalue weighted by Crippen LogP contribution is -2.08. The van der Waals surface area contributed by atoms with Gasteiger partial charge in [0, 0.05) is 10.2 Å². The summed E-state index contributed by atoms with van der Waals surface area (Å²) in [6, 6.07) is 10.6. The van der Waals surface area contributed by atoms with Crippen molar-refractivity contribution in [2.45, 2.75) is 13.1 Å². The van der Waals surface area contributed by atoms with E-state index in [0.717, 1.165) is 22.2 Å². The lowest BCUT2D eigenvalue weighted by molar-refractivity contribution is -0.137. The van der Waals surface area contributed by atoms with Crippen molar-refractivity contribution in [2.75, 3.05) is 5.32 Å². The standard InChI is InChI=1S/C15H10BrF3N2/c1-9-2-5-14(13(16)6-9)21-11-4-3-10(8-20)12(7-11)15(17,18)19/h2-7,21H,1H3. The molecule has 0 radical (unpaired) electrons. The molecule has 0 bridgehead atoms. The van der Waals surface area contributed by atoms with Crippen LogP contribution in [0.4, 0.5) is 24.5 Å². The molecule has 21 heavy (non-hydrogen) atoms.